The van der Waals surface area contributed by atoms with E-state index >= 15 is 0 Å². The summed E-state index contributed by atoms with van der Waals surface area (Å²) < 4.78 is 6.52. The van der Waals surface area contributed by atoms with Gasteiger partial charge in [0.25, 0.3) is 0 Å². The molecule has 0 aromatic heterocycles. The molecule has 0 amide bonds. The fourth-order valence-electron chi connectivity index (χ4n) is 2.42. The second-order valence-corrected chi connectivity index (χ2v) is 13.2. The number of aliphatic hydroxyl groups is 1. The molecule has 0 saturated heterocycles. The van der Waals surface area contributed by atoms with Crippen molar-refractivity contribution in [3.8, 4) is 0 Å². The second kappa shape index (κ2) is 9.95. The highest BCUT2D eigenvalue weighted by Crippen LogP contribution is 2.38. The lowest BCUT2D eigenvalue weighted by Gasteiger charge is -2.40. The predicted octanol–water partition coefficient (Wildman–Crippen LogP) is 5.32. The lowest BCUT2D eigenvalue weighted by Crippen LogP contribution is -2.46. The maximum absolute atomic E-state index is 12.5. The van der Waals surface area contributed by atoms with Crippen molar-refractivity contribution in [3.05, 3.63) is 0 Å². The van der Waals surface area contributed by atoms with Crippen molar-refractivity contribution in [3.63, 3.8) is 0 Å². The first-order valence-corrected chi connectivity index (χ1v) is 12.3. The van der Waals surface area contributed by atoms with Gasteiger partial charge in [-0.1, -0.05) is 60.8 Å². The molecule has 0 aromatic carbocycles. The highest BCUT2D eigenvalue weighted by atomic mass is 28.4. The highest BCUT2D eigenvalue weighted by Gasteiger charge is 2.40. The van der Waals surface area contributed by atoms with E-state index in [-0.39, 0.29) is 29.3 Å². The SMILES string of the molecule is CCCC[C@H](O)CC(=O)[C@H](C)[C@H](CCC)O[Si](C)(C)C(C)(C)C. The molecule has 0 heterocycles. The van der Waals surface area contributed by atoms with Gasteiger partial charge < -0.3 is 9.53 Å². The largest absolute Gasteiger partial charge is 0.413 e. The van der Waals surface area contributed by atoms with E-state index < -0.39 is 14.4 Å². The summed E-state index contributed by atoms with van der Waals surface area (Å²) in [5.41, 5.74) is 0. The van der Waals surface area contributed by atoms with Crippen LogP contribution in [0.25, 0.3) is 0 Å². The van der Waals surface area contributed by atoms with Crippen LogP contribution in [0.1, 0.15) is 80.1 Å². The van der Waals surface area contributed by atoms with Crippen molar-refractivity contribution < 1.29 is 14.3 Å². The van der Waals surface area contributed by atoms with Crippen molar-refractivity contribution in [1.82, 2.24) is 0 Å². The van der Waals surface area contributed by atoms with Gasteiger partial charge in [-0.25, -0.2) is 0 Å². The molecule has 4 heteroatoms. The first-order chi connectivity index (χ1) is 10.5. The molecule has 0 unspecified atom stereocenters. The Balaban J connectivity index is 4.84. The van der Waals surface area contributed by atoms with Crippen LogP contribution in [0.15, 0.2) is 0 Å². The molecule has 1 N–H and O–H groups in total. The summed E-state index contributed by atoms with van der Waals surface area (Å²) in [7, 11) is -1.89. The van der Waals surface area contributed by atoms with E-state index in [4.69, 9.17) is 4.43 Å². The van der Waals surface area contributed by atoms with Crippen molar-refractivity contribution >= 4 is 14.1 Å². The van der Waals surface area contributed by atoms with E-state index in [1.54, 1.807) is 0 Å². The van der Waals surface area contributed by atoms with Crippen LogP contribution in [-0.4, -0.2) is 31.4 Å². The molecule has 0 aliphatic rings. The van der Waals surface area contributed by atoms with Crippen LogP contribution >= 0.6 is 0 Å². The van der Waals surface area contributed by atoms with Crippen LogP contribution in [0, 0.1) is 5.92 Å². The molecule has 0 fully saturated rings. The Morgan fingerprint density at radius 2 is 1.70 bits per heavy atom. The van der Waals surface area contributed by atoms with Crippen LogP contribution < -0.4 is 0 Å². The second-order valence-electron chi connectivity index (χ2n) is 8.46. The summed E-state index contributed by atoms with van der Waals surface area (Å²) in [5, 5.41) is 10.2. The van der Waals surface area contributed by atoms with Crippen LogP contribution in [0.5, 0.6) is 0 Å². The zero-order valence-corrected chi connectivity index (χ0v) is 17.7. The van der Waals surface area contributed by atoms with Crippen molar-refractivity contribution in [2.24, 2.45) is 5.92 Å². The van der Waals surface area contributed by atoms with Gasteiger partial charge in [-0.2, -0.15) is 0 Å². The van der Waals surface area contributed by atoms with Crippen molar-refractivity contribution in [2.75, 3.05) is 0 Å². The first kappa shape index (κ1) is 22.8. The summed E-state index contributed by atoms with van der Waals surface area (Å²) in [5.74, 6) is 0.00566. The Bertz CT molecular complexity index is 347. The summed E-state index contributed by atoms with van der Waals surface area (Å²) in [6.45, 7) is 17.4. The average molecular weight is 345 g/mol. The number of ketones is 1. The molecule has 0 radical (unpaired) electrons. The Morgan fingerprint density at radius 3 is 2.13 bits per heavy atom. The molecule has 0 saturated carbocycles. The molecule has 0 aliphatic heterocycles. The van der Waals surface area contributed by atoms with E-state index in [9.17, 15) is 9.90 Å². The van der Waals surface area contributed by atoms with Gasteiger partial charge in [0.15, 0.2) is 8.32 Å². The average Bonchev–Trinajstić information content (AvgIpc) is 2.42. The fraction of sp³-hybridized carbons (Fsp3) is 0.947. The van der Waals surface area contributed by atoms with Gasteiger partial charge in [0.1, 0.15) is 5.78 Å². The summed E-state index contributed by atoms with van der Waals surface area (Å²) in [4.78, 5) is 12.5. The van der Waals surface area contributed by atoms with Crippen LogP contribution in [0.2, 0.25) is 18.1 Å². The van der Waals surface area contributed by atoms with Gasteiger partial charge in [-0.3, -0.25) is 4.79 Å². The Morgan fingerprint density at radius 1 is 1.13 bits per heavy atom. The number of unbranched alkanes of at least 4 members (excludes halogenated alkanes) is 1. The van der Waals surface area contributed by atoms with Gasteiger partial charge in [0, 0.05) is 12.3 Å². The Kier molecular flexibility index (Phi) is 9.86. The van der Waals surface area contributed by atoms with E-state index in [0.29, 0.717) is 0 Å². The third-order valence-corrected chi connectivity index (χ3v) is 9.72. The number of rotatable bonds is 11. The van der Waals surface area contributed by atoms with Gasteiger partial charge in [0.05, 0.1) is 12.2 Å². The van der Waals surface area contributed by atoms with Gasteiger partial charge in [-0.15, -0.1) is 0 Å². The van der Waals surface area contributed by atoms with Gasteiger partial charge >= 0.3 is 0 Å². The molecule has 3 atom stereocenters. The van der Waals surface area contributed by atoms with E-state index in [1.807, 2.05) is 6.92 Å². The van der Waals surface area contributed by atoms with Crippen molar-refractivity contribution in [2.45, 2.75) is 110 Å². The van der Waals surface area contributed by atoms with Crippen molar-refractivity contribution in [1.29, 1.82) is 0 Å². The Hall–Kier alpha value is -0.193. The van der Waals surface area contributed by atoms with E-state index in [0.717, 1.165) is 32.1 Å². The third-order valence-electron chi connectivity index (χ3n) is 5.22. The quantitative estimate of drug-likeness (QED) is 0.516. The molecule has 138 valence electrons. The molecule has 3 nitrogen and oxygen atoms in total. The van der Waals surface area contributed by atoms with Gasteiger partial charge in [-0.05, 0) is 31.0 Å². The minimum Gasteiger partial charge on any atom is -0.413 e. The molecule has 0 bridgehead atoms. The summed E-state index contributed by atoms with van der Waals surface area (Å²) in [6, 6.07) is 0. The first-order valence-electron chi connectivity index (χ1n) is 9.34. The summed E-state index contributed by atoms with van der Waals surface area (Å²) >= 11 is 0. The smallest absolute Gasteiger partial charge is 0.192 e. The minimum atomic E-state index is -1.89. The number of hydrogen-bond acceptors (Lipinski definition) is 3. The number of hydrogen-bond donors (Lipinski definition) is 1. The predicted molar refractivity (Wildman–Crippen MR) is 101 cm³/mol. The molecule has 0 rings (SSSR count). The van der Waals surface area contributed by atoms with E-state index in [1.165, 1.54) is 0 Å². The normalized spacial score (nSPS) is 16.9. The number of carbonyl (C=O) groups excluding carboxylic acids is 1. The maximum atomic E-state index is 12.5. The summed E-state index contributed by atoms with van der Waals surface area (Å²) in [6.07, 6.45) is 4.40. The van der Waals surface area contributed by atoms with Crippen LogP contribution in [0.4, 0.5) is 0 Å². The molecule has 0 spiro atoms. The van der Waals surface area contributed by atoms with E-state index in [2.05, 4.69) is 47.7 Å². The molecule has 0 aliphatic carbocycles. The molecular weight excluding hydrogens is 304 g/mol. The fourth-order valence-corrected chi connectivity index (χ4v) is 3.85. The molecular formula is C19H40O3Si. The zero-order valence-electron chi connectivity index (χ0n) is 16.7. The van der Waals surface area contributed by atoms with Crippen LogP contribution in [-0.2, 0) is 9.22 Å². The maximum Gasteiger partial charge on any atom is 0.192 e. The monoisotopic (exact) mass is 344 g/mol. The standard InChI is InChI=1S/C19H40O3Si/c1-9-11-13-16(20)14-17(21)15(3)18(12-10-2)22-23(7,8)19(4,5)6/h15-16,18,20H,9-14H2,1-8H3/t15-,16-,18-/m0/s1. The number of Topliss-reactive ketones (excluding diaryl/α,β-unsaturated/α-hetero) is 1. The minimum absolute atomic E-state index is 0.0215. The number of carbonyl (C=O) groups is 1. The highest BCUT2D eigenvalue weighted by molar-refractivity contribution is 6.74. The molecule has 23 heavy (non-hydrogen) atoms. The third kappa shape index (κ3) is 7.95. The number of aliphatic hydroxyl groups excluding tert-OH is 1. The zero-order chi connectivity index (χ0) is 18.3. The van der Waals surface area contributed by atoms with Crippen LogP contribution in [0.3, 0.4) is 0 Å². The lowest BCUT2D eigenvalue weighted by molar-refractivity contribution is -0.127. The Labute approximate surface area is 145 Å². The topological polar surface area (TPSA) is 46.5 Å². The van der Waals surface area contributed by atoms with Gasteiger partial charge in [0.2, 0.25) is 0 Å². The lowest BCUT2D eigenvalue weighted by atomic mass is 9.92. The molecule has 0 aromatic rings.